The van der Waals surface area contributed by atoms with Crippen LogP contribution in [-0.2, 0) is 4.79 Å². The SMILES string of the molecule is COc1cc(C=CC(O)=CC(C)=O)ccc1O. The van der Waals surface area contributed by atoms with Gasteiger partial charge in [0.05, 0.1) is 7.11 Å². The van der Waals surface area contributed by atoms with E-state index in [4.69, 9.17) is 4.74 Å². The van der Waals surface area contributed by atoms with Crippen molar-refractivity contribution in [2.45, 2.75) is 6.92 Å². The van der Waals surface area contributed by atoms with Gasteiger partial charge in [-0.05, 0) is 30.7 Å². The third kappa shape index (κ3) is 4.03. The molecular formula is C13H14O4. The molecule has 0 aliphatic heterocycles. The molecule has 1 aromatic rings. The molecule has 0 atom stereocenters. The van der Waals surface area contributed by atoms with Gasteiger partial charge in [-0.15, -0.1) is 0 Å². The highest BCUT2D eigenvalue weighted by Gasteiger charge is 2.00. The van der Waals surface area contributed by atoms with Gasteiger partial charge in [-0.3, -0.25) is 4.79 Å². The Morgan fingerprint density at radius 2 is 2.12 bits per heavy atom. The molecule has 0 saturated carbocycles. The smallest absolute Gasteiger partial charge is 0.161 e. The minimum absolute atomic E-state index is 0.0492. The number of aliphatic hydroxyl groups excluding tert-OH is 1. The maximum absolute atomic E-state index is 10.7. The number of rotatable bonds is 4. The van der Waals surface area contributed by atoms with Crippen molar-refractivity contribution in [1.82, 2.24) is 0 Å². The van der Waals surface area contributed by atoms with E-state index in [1.54, 1.807) is 18.2 Å². The van der Waals surface area contributed by atoms with Crippen LogP contribution in [0.25, 0.3) is 6.08 Å². The molecule has 0 spiro atoms. The highest BCUT2D eigenvalue weighted by atomic mass is 16.5. The summed E-state index contributed by atoms with van der Waals surface area (Å²) in [5.74, 6) is 0.0512. The van der Waals surface area contributed by atoms with Crippen LogP contribution in [-0.4, -0.2) is 23.1 Å². The summed E-state index contributed by atoms with van der Waals surface area (Å²) in [4.78, 5) is 10.7. The zero-order valence-electron chi connectivity index (χ0n) is 9.68. The molecule has 0 aromatic heterocycles. The van der Waals surface area contributed by atoms with Gasteiger partial charge in [0, 0.05) is 6.08 Å². The van der Waals surface area contributed by atoms with Crippen molar-refractivity contribution < 1.29 is 19.7 Å². The van der Waals surface area contributed by atoms with Crippen molar-refractivity contribution in [3.8, 4) is 11.5 Å². The van der Waals surface area contributed by atoms with Crippen molar-refractivity contribution in [3.05, 3.63) is 41.7 Å². The Hall–Kier alpha value is -2.23. The standard InChI is InChI=1S/C13H14O4/c1-9(14)7-11(15)5-3-10-4-6-12(16)13(8-10)17-2/h3-8,15-16H,1-2H3. The van der Waals surface area contributed by atoms with E-state index in [1.165, 1.54) is 26.2 Å². The lowest BCUT2D eigenvalue weighted by molar-refractivity contribution is -0.112. The summed E-state index contributed by atoms with van der Waals surface area (Å²) in [7, 11) is 1.45. The molecular weight excluding hydrogens is 220 g/mol. The van der Waals surface area contributed by atoms with Crippen LogP contribution in [0.5, 0.6) is 11.5 Å². The van der Waals surface area contributed by atoms with Crippen LogP contribution in [0.3, 0.4) is 0 Å². The largest absolute Gasteiger partial charge is 0.508 e. The van der Waals surface area contributed by atoms with Gasteiger partial charge in [0.15, 0.2) is 17.3 Å². The Kier molecular flexibility index (Phi) is 4.34. The summed E-state index contributed by atoms with van der Waals surface area (Å²) in [5, 5.41) is 18.7. The summed E-state index contributed by atoms with van der Waals surface area (Å²) in [6.45, 7) is 1.35. The fourth-order valence-corrected chi connectivity index (χ4v) is 1.24. The van der Waals surface area contributed by atoms with Crippen LogP contribution < -0.4 is 4.74 Å². The van der Waals surface area contributed by atoms with Crippen molar-refractivity contribution >= 4 is 11.9 Å². The number of phenols is 1. The number of methoxy groups -OCH3 is 1. The summed E-state index contributed by atoms with van der Waals surface area (Å²) >= 11 is 0. The van der Waals surface area contributed by atoms with Crippen LogP contribution in [0.15, 0.2) is 36.1 Å². The predicted octanol–water partition coefficient (Wildman–Crippen LogP) is 2.44. The van der Waals surface area contributed by atoms with Crippen LogP contribution in [0.2, 0.25) is 0 Å². The molecule has 4 nitrogen and oxygen atoms in total. The van der Waals surface area contributed by atoms with E-state index in [9.17, 15) is 15.0 Å². The average Bonchev–Trinajstić information content (AvgIpc) is 2.27. The Bertz CT molecular complexity index is 472. The van der Waals surface area contributed by atoms with Crippen molar-refractivity contribution in [2.24, 2.45) is 0 Å². The topological polar surface area (TPSA) is 66.8 Å². The molecule has 0 aliphatic carbocycles. The number of hydrogen-bond donors (Lipinski definition) is 2. The van der Waals surface area contributed by atoms with Gasteiger partial charge < -0.3 is 14.9 Å². The first-order valence-electron chi connectivity index (χ1n) is 4.99. The van der Waals surface area contributed by atoms with E-state index in [1.807, 2.05) is 0 Å². The average molecular weight is 234 g/mol. The normalized spacial score (nSPS) is 11.8. The molecule has 0 fully saturated rings. The van der Waals surface area contributed by atoms with Gasteiger partial charge in [-0.1, -0.05) is 12.1 Å². The fourth-order valence-electron chi connectivity index (χ4n) is 1.24. The lowest BCUT2D eigenvalue weighted by Gasteiger charge is -2.03. The van der Waals surface area contributed by atoms with E-state index in [-0.39, 0.29) is 17.3 Å². The Balaban J connectivity index is 2.89. The van der Waals surface area contributed by atoms with Crippen LogP contribution >= 0.6 is 0 Å². The van der Waals surface area contributed by atoms with Crippen LogP contribution in [0.1, 0.15) is 12.5 Å². The highest BCUT2D eigenvalue weighted by Crippen LogP contribution is 2.26. The maximum Gasteiger partial charge on any atom is 0.161 e. The number of aromatic hydroxyl groups is 1. The first-order chi connectivity index (χ1) is 8.02. The number of aliphatic hydroxyl groups is 1. The number of carbonyl (C=O) groups excluding carboxylic acids is 1. The molecule has 1 rings (SSSR count). The van der Waals surface area contributed by atoms with E-state index in [0.717, 1.165) is 11.6 Å². The molecule has 0 heterocycles. The summed E-state index contributed by atoms with van der Waals surface area (Å²) in [5.41, 5.74) is 0.739. The summed E-state index contributed by atoms with van der Waals surface area (Å²) in [6, 6.07) is 4.77. The molecule has 2 N–H and O–H groups in total. The van der Waals surface area contributed by atoms with Crippen LogP contribution in [0, 0.1) is 0 Å². The minimum atomic E-state index is -0.226. The number of hydrogen-bond acceptors (Lipinski definition) is 4. The Morgan fingerprint density at radius 1 is 1.41 bits per heavy atom. The lowest BCUT2D eigenvalue weighted by Crippen LogP contribution is -1.86. The molecule has 0 unspecified atom stereocenters. The second-order valence-electron chi connectivity index (χ2n) is 3.44. The van der Waals surface area contributed by atoms with Crippen molar-refractivity contribution in [1.29, 1.82) is 0 Å². The van der Waals surface area contributed by atoms with Crippen molar-refractivity contribution in [3.63, 3.8) is 0 Å². The quantitative estimate of drug-likeness (QED) is 0.477. The molecule has 0 amide bonds. The molecule has 17 heavy (non-hydrogen) atoms. The summed E-state index contributed by atoms with van der Waals surface area (Å²) < 4.78 is 4.94. The molecule has 0 bridgehead atoms. The number of ketones is 1. The van der Waals surface area contributed by atoms with Crippen molar-refractivity contribution in [2.75, 3.05) is 7.11 Å². The molecule has 90 valence electrons. The first-order valence-corrected chi connectivity index (χ1v) is 4.99. The zero-order valence-corrected chi connectivity index (χ0v) is 9.68. The number of phenolic OH excluding ortho intramolecular Hbond substituents is 1. The molecule has 1 aromatic carbocycles. The lowest BCUT2D eigenvalue weighted by atomic mass is 10.2. The van der Waals surface area contributed by atoms with Gasteiger partial charge in [-0.2, -0.15) is 0 Å². The molecule has 0 aliphatic rings. The van der Waals surface area contributed by atoms with Gasteiger partial charge in [0.25, 0.3) is 0 Å². The highest BCUT2D eigenvalue weighted by molar-refractivity contribution is 5.88. The minimum Gasteiger partial charge on any atom is -0.508 e. The van der Waals surface area contributed by atoms with E-state index in [0.29, 0.717) is 5.75 Å². The van der Waals surface area contributed by atoms with Gasteiger partial charge in [0.1, 0.15) is 5.76 Å². The van der Waals surface area contributed by atoms with E-state index in [2.05, 4.69) is 0 Å². The number of allylic oxidation sites excluding steroid dienone is 2. The monoisotopic (exact) mass is 234 g/mol. The van der Waals surface area contributed by atoms with Gasteiger partial charge >= 0.3 is 0 Å². The molecule has 0 saturated heterocycles. The molecule has 4 heteroatoms. The van der Waals surface area contributed by atoms with E-state index < -0.39 is 0 Å². The number of benzene rings is 1. The fraction of sp³-hybridized carbons (Fsp3) is 0.154. The second-order valence-corrected chi connectivity index (χ2v) is 3.44. The second kappa shape index (κ2) is 5.75. The van der Waals surface area contributed by atoms with Gasteiger partial charge in [0.2, 0.25) is 0 Å². The first kappa shape index (κ1) is 12.8. The third-order valence-electron chi connectivity index (χ3n) is 2.00. The van der Waals surface area contributed by atoms with Gasteiger partial charge in [-0.25, -0.2) is 0 Å². The zero-order chi connectivity index (χ0) is 12.8. The predicted molar refractivity (Wildman–Crippen MR) is 65.1 cm³/mol. The maximum atomic E-state index is 10.7. The Morgan fingerprint density at radius 3 is 2.71 bits per heavy atom. The van der Waals surface area contributed by atoms with Crippen LogP contribution in [0.4, 0.5) is 0 Å². The third-order valence-corrected chi connectivity index (χ3v) is 2.00. The number of ether oxygens (including phenoxy) is 1. The summed E-state index contributed by atoms with van der Waals surface area (Å²) in [6.07, 6.45) is 4.12. The van der Waals surface area contributed by atoms with E-state index >= 15 is 0 Å². The Labute approximate surface area is 99.5 Å². The molecule has 0 radical (unpaired) electrons. The number of carbonyl (C=O) groups is 1.